The zero-order valence-electron chi connectivity index (χ0n) is 15.1. The number of carboxylic acids is 1. The number of carboxylic acid groups (broad SMARTS) is 1. The quantitative estimate of drug-likeness (QED) is 0.526. The molecule has 0 unspecified atom stereocenters. The predicted octanol–water partition coefficient (Wildman–Crippen LogP) is 1.93. The van der Waals surface area contributed by atoms with Crippen LogP contribution in [0.15, 0.2) is 54.6 Å². The lowest BCUT2D eigenvalue weighted by molar-refractivity contribution is -0.150. The van der Waals surface area contributed by atoms with Gasteiger partial charge in [0.25, 0.3) is 5.91 Å². The van der Waals surface area contributed by atoms with Crippen molar-refractivity contribution >= 4 is 23.8 Å². The Morgan fingerprint density at radius 2 is 1.75 bits per heavy atom. The van der Waals surface area contributed by atoms with Crippen LogP contribution in [0.3, 0.4) is 0 Å². The molecule has 1 atom stereocenters. The van der Waals surface area contributed by atoms with E-state index >= 15 is 0 Å². The third kappa shape index (κ3) is 6.56. The number of hydrogen-bond donors (Lipinski definition) is 2. The molecule has 0 aromatic heterocycles. The van der Waals surface area contributed by atoms with E-state index in [2.05, 4.69) is 5.32 Å². The van der Waals surface area contributed by atoms with Gasteiger partial charge >= 0.3 is 17.9 Å². The highest BCUT2D eigenvalue weighted by molar-refractivity contribution is 5.97. The largest absolute Gasteiger partial charge is 0.480 e. The molecule has 0 aliphatic heterocycles. The third-order valence-electron chi connectivity index (χ3n) is 3.57. The summed E-state index contributed by atoms with van der Waals surface area (Å²) in [6, 6.07) is 13.1. The number of benzene rings is 2. The maximum Gasteiger partial charge on any atom is 0.326 e. The maximum absolute atomic E-state index is 12.3. The molecule has 0 aliphatic carbocycles. The second-order valence-corrected chi connectivity index (χ2v) is 5.84. The van der Waals surface area contributed by atoms with Crippen LogP contribution in [-0.2, 0) is 25.7 Å². The molecule has 0 fully saturated rings. The van der Waals surface area contributed by atoms with Crippen molar-refractivity contribution < 1.29 is 33.8 Å². The molecule has 0 spiro atoms. The average molecular weight is 385 g/mol. The summed E-state index contributed by atoms with van der Waals surface area (Å²) in [6.07, 6.45) is -0.530. The van der Waals surface area contributed by atoms with Crippen LogP contribution >= 0.6 is 0 Å². The number of amides is 1. The van der Waals surface area contributed by atoms with E-state index in [9.17, 15) is 24.3 Å². The molecule has 1 amide bonds. The molecule has 0 saturated carbocycles. The molecule has 2 N–H and O–H groups in total. The van der Waals surface area contributed by atoms with Gasteiger partial charge in [0.15, 0.2) is 0 Å². The Kier molecular flexibility index (Phi) is 7.27. The predicted molar refractivity (Wildman–Crippen MR) is 97.5 cm³/mol. The van der Waals surface area contributed by atoms with E-state index in [0.717, 1.165) is 5.56 Å². The topological polar surface area (TPSA) is 119 Å². The standard InChI is InChI=1S/C20H19NO7/c1-13(22)28-16-9-5-8-15(10-16)19(24)21-17(20(25)26)11-18(23)27-12-14-6-3-2-4-7-14/h2-10,17H,11-12H2,1H3,(H,21,24)(H,25,26)/t17-/m1/s1. The van der Waals surface area contributed by atoms with Gasteiger partial charge in [-0.1, -0.05) is 36.4 Å². The minimum absolute atomic E-state index is 0.00435. The number of esters is 2. The van der Waals surface area contributed by atoms with Gasteiger partial charge in [-0.15, -0.1) is 0 Å². The zero-order valence-corrected chi connectivity index (χ0v) is 15.1. The van der Waals surface area contributed by atoms with E-state index in [4.69, 9.17) is 9.47 Å². The van der Waals surface area contributed by atoms with Crippen molar-refractivity contribution in [2.45, 2.75) is 26.0 Å². The van der Waals surface area contributed by atoms with E-state index in [1.807, 2.05) is 6.07 Å². The summed E-state index contributed by atoms with van der Waals surface area (Å²) in [5.41, 5.74) is 0.844. The van der Waals surface area contributed by atoms with Crippen LogP contribution in [0.5, 0.6) is 5.75 Å². The molecular weight excluding hydrogens is 366 g/mol. The number of nitrogens with one attached hydrogen (secondary N) is 1. The van der Waals surface area contributed by atoms with Gasteiger partial charge in [0, 0.05) is 12.5 Å². The van der Waals surface area contributed by atoms with Crippen LogP contribution in [0.25, 0.3) is 0 Å². The first-order valence-corrected chi connectivity index (χ1v) is 8.37. The lowest BCUT2D eigenvalue weighted by atomic mass is 10.1. The maximum atomic E-state index is 12.3. The van der Waals surface area contributed by atoms with Crippen LogP contribution in [0.2, 0.25) is 0 Å². The van der Waals surface area contributed by atoms with Crippen molar-refractivity contribution in [2.75, 3.05) is 0 Å². The van der Waals surface area contributed by atoms with E-state index in [-0.39, 0.29) is 17.9 Å². The molecule has 0 heterocycles. The van der Waals surface area contributed by atoms with Crippen molar-refractivity contribution in [3.05, 3.63) is 65.7 Å². The summed E-state index contributed by atoms with van der Waals surface area (Å²) in [5.74, 6) is -3.26. The molecule has 0 saturated heterocycles. The van der Waals surface area contributed by atoms with E-state index in [1.54, 1.807) is 24.3 Å². The second-order valence-electron chi connectivity index (χ2n) is 5.84. The van der Waals surface area contributed by atoms with E-state index in [0.29, 0.717) is 0 Å². The molecule has 2 aromatic carbocycles. The van der Waals surface area contributed by atoms with Crippen LogP contribution in [0.4, 0.5) is 0 Å². The first kappa shape index (κ1) is 20.6. The summed E-state index contributed by atoms with van der Waals surface area (Å²) in [4.78, 5) is 46.6. The molecule has 146 valence electrons. The van der Waals surface area contributed by atoms with Gasteiger partial charge in [-0.2, -0.15) is 0 Å². The molecular formula is C20H19NO7. The Labute approximate surface area is 161 Å². The van der Waals surface area contributed by atoms with Gasteiger partial charge in [0.05, 0.1) is 6.42 Å². The van der Waals surface area contributed by atoms with Gasteiger partial charge in [-0.05, 0) is 23.8 Å². The number of rotatable bonds is 8. The van der Waals surface area contributed by atoms with Gasteiger partial charge in [0.1, 0.15) is 18.4 Å². The van der Waals surface area contributed by atoms with Crippen molar-refractivity contribution in [1.82, 2.24) is 5.32 Å². The normalized spacial score (nSPS) is 11.2. The highest BCUT2D eigenvalue weighted by Gasteiger charge is 2.25. The number of carbonyl (C=O) groups excluding carboxylic acids is 3. The highest BCUT2D eigenvalue weighted by Crippen LogP contribution is 2.14. The second kappa shape index (κ2) is 9.86. The molecule has 2 aromatic rings. The fourth-order valence-electron chi connectivity index (χ4n) is 2.27. The van der Waals surface area contributed by atoms with Gasteiger partial charge in [0.2, 0.25) is 0 Å². The van der Waals surface area contributed by atoms with Crippen molar-refractivity contribution in [2.24, 2.45) is 0 Å². The molecule has 0 aliphatic rings. The SMILES string of the molecule is CC(=O)Oc1cccc(C(=O)N[C@H](CC(=O)OCc2ccccc2)C(=O)O)c1. The van der Waals surface area contributed by atoms with Crippen LogP contribution < -0.4 is 10.1 Å². The smallest absolute Gasteiger partial charge is 0.326 e. The number of aliphatic carboxylic acids is 1. The average Bonchev–Trinajstić information content (AvgIpc) is 2.66. The Hall–Kier alpha value is -3.68. The molecule has 8 heteroatoms. The number of carbonyl (C=O) groups is 4. The minimum atomic E-state index is -1.46. The van der Waals surface area contributed by atoms with Gasteiger partial charge < -0.3 is 19.9 Å². The first-order chi connectivity index (χ1) is 13.3. The van der Waals surface area contributed by atoms with Crippen molar-refractivity contribution in [3.63, 3.8) is 0 Å². The monoisotopic (exact) mass is 385 g/mol. The Balaban J connectivity index is 1.96. The van der Waals surface area contributed by atoms with Gasteiger partial charge in [-0.3, -0.25) is 14.4 Å². The summed E-state index contributed by atoms with van der Waals surface area (Å²) in [5, 5.41) is 11.5. The molecule has 0 radical (unpaired) electrons. The van der Waals surface area contributed by atoms with Crippen LogP contribution in [-0.4, -0.2) is 35.0 Å². The minimum Gasteiger partial charge on any atom is -0.480 e. The Morgan fingerprint density at radius 1 is 1.04 bits per heavy atom. The lowest BCUT2D eigenvalue weighted by Crippen LogP contribution is -2.42. The van der Waals surface area contributed by atoms with Crippen molar-refractivity contribution in [1.29, 1.82) is 0 Å². The summed E-state index contributed by atoms with van der Waals surface area (Å²) in [7, 11) is 0. The Morgan fingerprint density at radius 3 is 2.39 bits per heavy atom. The molecule has 0 bridgehead atoms. The fraction of sp³-hybridized carbons (Fsp3) is 0.200. The van der Waals surface area contributed by atoms with Crippen molar-refractivity contribution in [3.8, 4) is 5.75 Å². The van der Waals surface area contributed by atoms with Crippen LogP contribution in [0.1, 0.15) is 29.3 Å². The Bertz CT molecular complexity index is 864. The van der Waals surface area contributed by atoms with Crippen LogP contribution in [0, 0.1) is 0 Å². The lowest BCUT2D eigenvalue weighted by Gasteiger charge is -2.14. The van der Waals surface area contributed by atoms with E-state index in [1.165, 1.54) is 31.2 Å². The molecule has 28 heavy (non-hydrogen) atoms. The molecule has 8 nitrogen and oxygen atoms in total. The highest BCUT2D eigenvalue weighted by atomic mass is 16.5. The molecule has 2 rings (SSSR count). The summed E-state index contributed by atoms with van der Waals surface area (Å²) < 4.78 is 9.93. The van der Waals surface area contributed by atoms with E-state index < -0.39 is 36.3 Å². The third-order valence-corrected chi connectivity index (χ3v) is 3.57. The first-order valence-electron chi connectivity index (χ1n) is 8.37. The summed E-state index contributed by atoms with van der Waals surface area (Å²) >= 11 is 0. The van der Waals surface area contributed by atoms with Gasteiger partial charge in [-0.25, -0.2) is 4.79 Å². The summed E-state index contributed by atoms with van der Waals surface area (Å²) in [6.45, 7) is 1.22. The number of hydrogen-bond acceptors (Lipinski definition) is 6. The zero-order chi connectivity index (χ0) is 20.5. The number of ether oxygens (including phenoxy) is 2. The fourth-order valence-corrected chi connectivity index (χ4v) is 2.27.